The quantitative estimate of drug-likeness (QED) is 0.817. The summed E-state index contributed by atoms with van der Waals surface area (Å²) in [7, 11) is -0.553. The van der Waals surface area contributed by atoms with Crippen LogP contribution in [0.5, 0.6) is 0 Å². The number of imidazole rings is 1. The van der Waals surface area contributed by atoms with E-state index in [0.29, 0.717) is 12.0 Å². The zero-order valence-electron chi connectivity index (χ0n) is 13.3. The van der Waals surface area contributed by atoms with Crippen LogP contribution in [0.1, 0.15) is 33.3 Å². The monoisotopic (exact) mass is 302 g/mol. The largest absolute Gasteiger partial charge is 0.494 e. The topological polar surface area (TPSA) is 36.3 Å². The van der Waals surface area contributed by atoms with E-state index < -0.39 is 18.3 Å². The molecule has 1 aromatic heterocycles. The highest BCUT2D eigenvalue weighted by Gasteiger charge is 2.51. The van der Waals surface area contributed by atoms with Crippen LogP contribution in [0.2, 0.25) is 0 Å². The molecule has 2 heterocycles. The molecule has 2 aromatic rings. The molecule has 0 saturated carbocycles. The Balaban J connectivity index is 1.87. The van der Waals surface area contributed by atoms with Crippen LogP contribution >= 0.6 is 0 Å². The average Bonchev–Trinajstić information content (AvgIpc) is 2.96. The first-order chi connectivity index (χ1) is 10.3. The van der Waals surface area contributed by atoms with Crippen LogP contribution in [0.3, 0.4) is 0 Å². The van der Waals surface area contributed by atoms with Gasteiger partial charge in [0.15, 0.2) is 0 Å². The van der Waals surface area contributed by atoms with Crippen molar-refractivity contribution in [3.8, 4) is 0 Å². The fourth-order valence-electron chi connectivity index (χ4n) is 2.47. The minimum absolute atomic E-state index is 0.290. The maximum Gasteiger partial charge on any atom is 0.494 e. The second-order valence-electron chi connectivity index (χ2n) is 6.72. The van der Waals surface area contributed by atoms with Gasteiger partial charge in [0.1, 0.15) is 5.82 Å². The van der Waals surface area contributed by atoms with Crippen molar-refractivity contribution in [2.24, 2.45) is 0 Å². The molecule has 0 N–H and O–H groups in total. The van der Waals surface area contributed by atoms with Crippen molar-refractivity contribution in [2.45, 2.75) is 45.4 Å². The SMILES string of the molecule is CC1(C)OB(c2cc(F)cc(Cn3ccnc3)c2)OC1(C)C. The summed E-state index contributed by atoms with van der Waals surface area (Å²) in [5.74, 6) is -0.290. The van der Waals surface area contributed by atoms with E-state index in [-0.39, 0.29) is 5.82 Å². The van der Waals surface area contributed by atoms with Gasteiger partial charge in [0.05, 0.1) is 17.5 Å². The summed E-state index contributed by atoms with van der Waals surface area (Å²) >= 11 is 0. The van der Waals surface area contributed by atoms with Gasteiger partial charge < -0.3 is 13.9 Å². The number of hydrogen-bond acceptors (Lipinski definition) is 3. The predicted octanol–water partition coefficient (Wildman–Crippen LogP) is 2.37. The molecule has 1 aromatic carbocycles. The first kappa shape index (κ1) is 15.2. The van der Waals surface area contributed by atoms with Gasteiger partial charge in [0.2, 0.25) is 0 Å². The van der Waals surface area contributed by atoms with Gasteiger partial charge >= 0.3 is 7.12 Å². The second-order valence-corrected chi connectivity index (χ2v) is 6.72. The molecule has 0 radical (unpaired) electrons. The fourth-order valence-corrected chi connectivity index (χ4v) is 2.47. The second kappa shape index (κ2) is 5.21. The molecule has 0 unspecified atom stereocenters. The highest BCUT2D eigenvalue weighted by atomic mass is 19.1. The van der Waals surface area contributed by atoms with Crippen molar-refractivity contribution in [1.29, 1.82) is 0 Å². The van der Waals surface area contributed by atoms with Gasteiger partial charge in [-0.1, -0.05) is 6.07 Å². The average molecular weight is 302 g/mol. The van der Waals surface area contributed by atoms with Gasteiger partial charge in [-0.05, 0) is 50.9 Å². The maximum absolute atomic E-state index is 14.0. The predicted molar refractivity (Wildman–Crippen MR) is 83.4 cm³/mol. The molecular weight excluding hydrogens is 282 g/mol. The van der Waals surface area contributed by atoms with Crippen molar-refractivity contribution in [3.63, 3.8) is 0 Å². The van der Waals surface area contributed by atoms with Crippen molar-refractivity contribution < 1.29 is 13.7 Å². The van der Waals surface area contributed by atoms with Crippen molar-refractivity contribution in [1.82, 2.24) is 9.55 Å². The van der Waals surface area contributed by atoms with E-state index in [0.717, 1.165) is 5.56 Å². The standard InChI is InChI=1S/C16H20BFN2O2/c1-15(2)16(3,4)22-17(21-15)13-7-12(8-14(18)9-13)10-20-6-5-19-11-20/h5-9,11H,10H2,1-4H3. The number of nitrogens with zero attached hydrogens (tertiary/aromatic N) is 2. The van der Waals surface area contributed by atoms with Crippen LogP contribution in [-0.2, 0) is 15.9 Å². The molecule has 1 saturated heterocycles. The molecule has 0 bridgehead atoms. The van der Waals surface area contributed by atoms with E-state index in [4.69, 9.17) is 9.31 Å². The lowest BCUT2D eigenvalue weighted by Gasteiger charge is -2.32. The summed E-state index contributed by atoms with van der Waals surface area (Å²) < 4.78 is 27.8. The molecule has 1 aliphatic rings. The van der Waals surface area contributed by atoms with Crippen LogP contribution in [0.15, 0.2) is 36.9 Å². The van der Waals surface area contributed by atoms with Gasteiger partial charge in [-0.25, -0.2) is 9.37 Å². The molecule has 0 spiro atoms. The zero-order valence-corrected chi connectivity index (χ0v) is 13.3. The Hall–Kier alpha value is -1.66. The summed E-state index contributed by atoms with van der Waals surface area (Å²) in [6, 6.07) is 4.92. The van der Waals surface area contributed by atoms with Gasteiger partial charge in [-0.3, -0.25) is 0 Å². The van der Waals surface area contributed by atoms with E-state index >= 15 is 0 Å². The van der Waals surface area contributed by atoms with Crippen LogP contribution in [0.25, 0.3) is 0 Å². The van der Waals surface area contributed by atoms with Crippen LogP contribution in [0.4, 0.5) is 4.39 Å². The highest BCUT2D eigenvalue weighted by molar-refractivity contribution is 6.62. The molecule has 6 heteroatoms. The van der Waals surface area contributed by atoms with Crippen molar-refractivity contribution in [2.75, 3.05) is 0 Å². The lowest BCUT2D eigenvalue weighted by atomic mass is 9.78. The van der Waals surface area contributed by atoms with Gasteiger partial charge in [0, 0.05) is 18.9 Å². The number of rotatable bonds is 3. The Morgan fingerprint density at radius 3 is 2.41 bits per heavy atom. The zero-order chi connectivity index (χ0) is 16.0. The van der Waals surface area contributed by atoms with E-state index in [2.05, 4.69) is 4.98 Å². The molecular formula is C16H20BFN2O2. The Labute approximate surface area is 130 Å². The Bertz CT molecular complexity index is 655. The Morgan fingerprint density at radius 2 is 1.82 bits per heavy atom. The summed E-state index contributed by atoms with van der Waals surface area (Å²) in [4.78, 5) is 4.00. The molecule has 1 fully saturated rings. The van der Waals surface area contributed by atoms with Crippen LogP contribution in [0, 0.1) is 5.82 Å². The van der Waals surface area contributed by atoms with E-state index in [1.54, 1.807) is 12.5 Å². The Kier molecular flexibility index (Phi) is 3.61. The molecule has 0 aliphatic carbocycles. The van der Waals surface area contributed by atoms with E-state index in [1.165, 1.54) is 12.1 Å². The number of hydrogen-bond donors (Lipinski definition) is 0. The van der Waals surface area contributed by atoms with Gasteiger partial charge in [-0.2, -0.15) is 0 Å². The first-order valence-electron chi connectivity index (χ1n) is 7.38. The third-order valence-electron chi connectivity index (χ3n) is 4.43. The molecule has 1 aliphatic heterocycles. The normalized spacial score (nSPS) is 19.6. The van der Waals surface area contributed by atoms with E-state index in [1.807, 2.05) is 44.5 Å². The van der Waals surface area contributed by atoms with Gasteiger partial charge in [0.25, 0.3) is 0 Å². The Morgan fingerprint density at radius 1 is 1.14 bits per heavy atom. The third-order valence-corrected chi connectivity index (χ3v) is 4.43. The number of aromatic nitrogens is 2. The van der Waals surface area contributed by atoms with Crippen LogP contribution < -0.4 is 5.46 Å². The highest BCUT2D eigenvalue weighted by Crippen LogP contribution is 2.36. The smallest absolute Gasteiger partial charge is 0.399 e. The summed E-state index contributed by atoms with van der Waals surface area (Å²) in [5.41, 5.74) is 0.680. The van der Waals surface area contributed by atoms with Crippen molar-refractivity contribution in [3.05, 3.63) is 48.3 Å². The summed E-state index contributed by atoms with van der Waals surface area (Å²) in [5, 5.41) is 0. The molecule has 3 rings (SSSR count). The first-order valence-corrected chi connectivity index (χ1v) is 7.38. The molecule has 116 valence electrons. The summed E-state index contributed by atoms with van der Waals surface area (Å²) in [6.07, 6.45) is 5.26. The lowest BCUT2D eigenvalue weighted by molar-refractivity contribution is 0.00578. The molecule has 0 atom stereocenters. The number of benzene rings is 1. The van der Waals surface area contributed by atoms with E-state index in [9.17, 15) is 4.39 Å². The van der Waals surface area contributed by atoms with Crippen molar-refractivity contribution >= 4 is 12.6 Å². The fraction of sp³-hybridized carbons (Fsp3) is 0.438. The third kappa shape index (κ3) is 2.81. The minimum Gasteiger partial charge on any atom is -0.399 e. The lowest BCUT2D eigenvalue weighted by Crippen LogP contribution is -2.41. The van der Waals surface area contributed by atoms with Crippen LogP contribution in [-0.4, -0.2) is 27.9 Å². The number of halogens is 1. The molecule has 22 heavy (non-hydrogen) atoms. The minimum atomic E-state index is -0.553. The van der Waals surface area contributed by atoms with Gasteiger partial charge in [-0.15, -0.1) is 0 Å². The summed E-state index contributed by atoms with van der Waals surface area (Å²) in [6.45, 7) is 8.50. The maximum atomic E-state index is 14.0. The molecule has 0 amide bonds. The molecule has 4 nitrogen and oxygen atoms in total.